The van der Waals surface area contributed by atoms with Gasteiger partial charge in [-0.15, -0.1) is 0 Å². The van der Waals surface area contributed by atoms with Crippen molar-refractivity contribution < 1.29 is 19.0 Å². The Bertz CT molecular complexity index is 1640. The number of carbonyl (C=O) groups is 1. The molecule has 208 valence electrons. The van der Waals surface area contributed by atoms with Gasteiger partial charge in [0.05, 0.1) is 27.5 Å². The fraction of sp³-hybridized carbons (Fsp3) is 0.172. The molecule has 3 heterocycles. The van der Waals surface area contributed by atoms with Crippen LogP contribution in [0.2, 0.25) is 0 Å². The van der Waals surface area contributed by atoms with Crippen molar-refractivity contribution in [3.63, 3.8) is 0 Å². The summed E-state index contributed by atoms with van der Waals surface area (Å²) in [5, 5.41) is 5.87. The maximum atomic E-state index is 13.6. The zero-order valence-corrected chi connectivity index (χ0v) is 22.7. The molecule has 0 aliphatic carbocycles. The Morgan fingerprint density at radius 3 is 2.49 bits per heavy atom. The van der Waals surface area contributed by atoms with Crippen LogP contribution in [-0.2, 0) is 11.2 Å². The van der Waals surface area contributed by atoms with Gasteiger partial charge >= 0.3 is 6.01 Å². The largest absolute Gasteiger partial charge is 0.493 e. The molecule has 1 unspecified atom stereocenters. The summed E-state index contributed by atoms with van der Waals surface area (Å²) in [6.07, 6.45) is 10.0. The third-order valence-corrected chi connectivity index (χ3v) is 6.51. The SMILES string of the molecule is COc1ncc(C2c3ccccc3C=NN2C(=O)/C=C/c2cc(Cc3cnc(N)nc3N)cc(OC)c2OC)cn1. The van der Waals surface area contributed by atoms with Gasteiger partial charge in [-0.3, -0.25) is 4.79 Å². The molecule has 1 amide bonds. The highest BCUT2D eigenvalue weighted by atomic mass is 16.5. The number of aromatic nitrogens is 4. The molecule has 0 radical (unpaired) electrons. The minimum atomic E-state index is -0.546. The van der Waals surface area contributed by atoms with E-state index in [-0.39, 0.29) is 23.7 Å². The molecule has 0 bridgehead atoms. The van der Waals surface area contributed by atoms with Gasteiger partial charge in [0.1, 0.15) is 11.9 Å². The highest BCUT2D eigenvalue weighted by Crippen LogP contribution is 2.36. The number of benzene rings is 2. The molecular weight excluding hydrogens is 524 g/mol. The van der Waals surface area contributed by atoms with Gasteiger partial charge in [-0.1, -0.05) is 24.3 Å². The number of hydrogen-bond donors (Lipinski definition) is 2. The number of hydrazone groups is 1. The van der Waals surface area contributed by atoms with Gasteiger partial charge in [0.25, 0.3) is 5.91 Å². The molecule has 1 aliphatic rings. The second kappa shape index (κ2) is 11.7. The number of nitrogen functional groups attached to an aromatic ring is 2. The van der Waals surface area contributed by atoms with E-state index in [1.165, 1.54) is 25.3 Å². The number of anilines is 2. The Morgan fingerprint density at radius 1 is 1.00 bits per heavy atom. The lowest BCUT2D eigenvalue weighted by Gasteiger charge is -2.31. The number of nitrogens with zero attached hydrogens (tertiary/aromatic N) is 6. The van der Waals surface area contributed by atoms with Gasteiger partial charge in [-0.2, -0.15) is 10.1 Å². The highest BCUT2D eigenvalue weighted by molar-refractivity contribution is 5.95. The quantitative estimate of drug-likeness (QED) is 0.311. The number of carbonyl (C=O) groups excluding carboxylic acids is 1. The van der Waals surface area contributed by atoms with Gasteiger partial charge in [0.15, 0.2) is 11.5 Å². The van der Waals surface area contributed by atoms with Gasteiger partial charge in [0, 0.05) is 53.3 Å². The van der Waals surface area contributed by atoms with E-state index in [9.17, 15) is 4.79 Å². The van der Waals surface area contributed by atoms with Crippen molar-refractivity contribution >= 4 is 30.0 Å². The van der Waals surface area contributed by atoms with Crippen molar-refractivity contribution in [3.8, 4) is 17.5 Å². The zero-order valence-electron chi connectivity index (χ0n) is 22.7. The van der Waals surface area contributed by atoms with Gasteiger partial charge in [0.2, 0.25) is 5.95 Å². The number of nitrogens with two attached hydrogens (primary N) is 2. The number of amides is 1. The molecule has 0 spiro atoms. The number of rotatable bonds is 8. The molecule has 12 heteroatoms. The van der Waals surface area contributed by atoms with Gasteiger partial charge in [-0.05, 0) is 29.3 Å². The van der Waals surface area contributed by atoms with E-state index in [1.54, 1.807) is 38.0 Å². The fourth-order valence-electron chi connectivity index (χ4n) is 4.58. The van der Waals surface area contributed by atoms with Crippen molar-refractivity contribution in [2.45, 2.75) is 12.5 Å². The Kier molecular flexibility index (Phi) is 7.72. The average molecular weight is 553 g/mol. The van der Waals surface area contributed by atoms with Crippen LogP contribution in [0.4, 0.5) is 11.8 Å². The van der Waals surface area contributed by atoms with Crippen LogP contribution in [0, 0.1) is 0 Å². The van der Waals surface area contributed by atoms with Gasteiger partial charge < -0.3 is 25.7 Å². The standard InChI is InChI=1S/C29H28N8O4/c1-39-23-12-17(11-20-13-32-28(31)36-27(20)30)10-18(26(23)40-2)8-9-24(38)37-25(21-14-33-29(41-3)34-15-21)22-7-5-4-6-19(22)16-35-37/h4-10,12-16,25H,11H2,1-3H3,(H4,30,31,32,36)/b9-8+. The zero-order chi connectivity index (χ0) is 28.9. The van der Waals surface area contributed by atoms with E-state index < -0.39 is 6.04 Å². The van der Waals surface area contributed by atoms with E-state index in [2.05, 4.69) is 25.0 Å². The summed E-state index contributed by atoms with van der Waals surface area (Å²) in [6.45, 7) is 0. The normalized spacial score (nSPS) is 14.1. The van der Waals surface area contributed by atoms with Crippen molar-refractivity contribution in [2.75, 3.05) is 32.8 Å². The average Bonchev–Trinajstić information content (AvgIpc) is 3.00. The van der Waals surface area contributed by atoms with E-state index in [1.807, 2.05) is 36.4 Å². The van der Waals surface area contributed by atoms with Crippen LogP contribution < -0.4 is 25.7 Å². The van der Waals surface area contributed by atoms with Crippen LogP contribution in [0.15, 0.2) is 66.2 Å². The molecule has 0 saturated carbocycles. The first-order valence-electron chi connectivity index (χ1n) is 12.5. The number of methoxy groups -OCH3 is 3. The summed E-state index contributed by atoms with van der Waals surface area (Å²) < 4.78 is 16.3. The molecular formula is C29H28N8O4. The Morgan fingerprint density at radius 2 is 1.78 bits per heavy atom. The molecule has 12 nitrogen and oxygen atoms in total. The molecule has 5 rings (SSSR count). The van der Waals surface area contributed by atoms with Crippen molar-refractivity contribution in [2.24, 2.45) is 5.10 Å². The molecule has 1 aliphatic heterocycles. The van der Waals surface area contributed by atoms with E-state index in [0.717, 1.165) is 16.7 Å². The number of fused-ring (bicyclic) bond motifs is 1. The monoisotopic (exact) mass is 552 g/mol. The summed E-state index contributed by atoms with van der Waals surface area (Å²) in [6, 6.07) is 11.1. The minimum Gasteiger partial charge on any atom is -0.493 e. The first kappa shape index (κ1) is 27.1. The minimum absolute atomic E-state index is 0.100. The van der Waals surface area contributed by atoms with Gasteiger partial charge in [-0.25, -0.2) is 20.0 Å². The third kappa shape index (κ3) is 5.62. The Hall–Kier alpha value is -5.52. The van der Waals surface area contributed by atoms with Crippen LogP contribution in [-0.4, -0.2) is 58.4 Å². The molecule has 0 fully saturated rings. The second-order valence-corrected chi connectivity index (χ2v) is 9.03. The maximum Gasteiger partial charge on any atom is 0.316 e. The smallest absolute Gasteiger partial charge is 0.316 e. The van der Waals surface area contributed by atoms with Crippen LogP contribution in [0.1, 0.15) is 39.4 Å². The topological polar surface area (TPSA) is 164 Å². The first-order chi connectivity index (χ1) is 19.9. The molecule has 41 heavy (non-hydrogen) atoms. The second-order valence-electron chi connectivity index (χ2n) is 9.03. The van der Waals surface area contributed by atoms with Crippen molar-refractivity contribution in [3.05, 3.63) is 94.4 Å². The Labute approximate surface area is 236 Å². The highest BCUT2D eigenvalue weighted by Gasteiger charge is 2.30. The molecule has 0 saturated heterocycles. The van der Waals surface area contributed by atoms with Crippen LogP contribution in [0.3, 0.4) is 0 Å². The molecule has 1 atom stereocenters. The van der Waals surface area contributed by atoms with Crippen molar-refractivity contribution in [1.82, 2.24) is 24.9 Å². The Balaban J connectivity index is 1.49. The molecule has 4 N–H and O–H groups in total. The third-order valence-electron chi connectivity index (χ3n) is 6.51. The number of hydrogen-bond acceptors (Lipinski definition) is 11. The first-order valence-corrected chi connectivity index (χ1v) is 12.5. The van der Waals surface area contributed by atoms with Crippen molar-refractivity contribution in [1.29, 1.82) is 0 Å². The molecule has 4 aromatic rings. The summed E-state index contributed by atoms with van der Waals surface area (Å²) in [5.41, 5.74) is 16.3. The predicted octanol–water partition coefficient (Wildman–Crippen LogP) is 3.03. The van der Waals surface area contributed by atoms with E-state index in [4.69, 9.17) is 25.7 Å². The lowest BCUT2D eigenvalue weighted by Crippen LogP contribution is -2.33. The lowest BCUT2D eigenvalue weighted by atomic mass is 9.94. The van der Waals surface area contributed by atoms with E-state index >= 15 is 0 Å². The number of ether oxygens (including phenoxy) is 3. The molecule has 2 aromatic heterocycles. The summed E-state index contributed by atoms with van der Waals surface area (Å²) in [7, 11) is 4.57. The van der Waals surface area contributed by atoms with E-state index in [0.29, 0.717) is 34.6 Å². The predicted molar refractivity (Wildman–Crippen MR) is 154 cm³/mol. The summed E-state index contributed by atoms with van der Waals surface area (Å²) in [5.74, 6) is 0.985. The van der Waals surface area contributed by atoms with Crippen LogP contribution >= 0.6 is 0 Å². The van der Waals surface area contributed by atoms with Crippen LogP contribution in [0.5, 0.6) is 17.5 Å². The maximum absolute atomic E-state index is 13.6. The van der Waals surface area contributed by atoms with Crippen LogP contribution in [0.25, 0.3) is 6.08 Å². The summed E-state index contributed by atoms with van der Waals surface area (Å²) in [4.78, 5) is 30.2. The fourth-order valence-corrected chi connectivity index (χ4v) is 4.58. The summed E-state index contributed by atoms with van der Waals surface area (Å²) >= 11 is 0. The molecule has 2 aromatic carbocycles. The lowest BCUT2D eigenvalue weighted by molar-refractivity contribution is -0.127.